The highest BCUT2D eigenvalue weighted by Crippen LogP contribution is 2.30. The molecule has 0 atom stereocenters. The minimum Gasteiger partial charge on any atom is -0.338 e. The van der Waals surface area contributed by atoms with Gasteiger partial charge in [0.1, 0.15) is 0 Å². The Bertz CT molecular complexity index is 613. The maximum atomic E-state index is 13.4. The van der Waals surface area contributed by atoms with Crippen molar-refractivity contribution in [3.05, 3.63) is 34.1 Å². The first-order valence-corrected chi connectivity index (χ1v) is 6.64. The number of hydrogen-bond donors (Lipinski definition) is 1. The monoisotopic (exact) mass is 329 g/mol. The lowest BCUT2D eigenvalue weighted by Gasteiger charge is -2.01. The van der Waals surface area contributed by atoms with Gasteiger partial charge in [-0.2, -0.15) is 4.98 Å². The van der Waals surface area contributed by atoms with Crippen LogP contribution in [0, 0.1) is 11.6 Å². The second kappa shape index (κ2) is 4.97. The van der Waals surface area contributed by atoms with Crippen molar-refractivity contribution in [2.75, 3.05) is 0 Å². The van der Waals surface area contributed by atoms with Crippen molar-refractivity contribution in [3.63, 3.8) is 0 Å². The molecule has 1 aromatic carbocycles. The Morgan fingerprint density at radius 2 is 2.16 bits per heavy atom. The van der Waals surface area contributed by atoms with E-state index >= 15 is 0 Å². The van der Waals surface area contributed by atoms with E-state index in [1.807, 2.05) is 0 Å². The number of nitrogens with one attached hydrogen (secondary N) is 1. The predicted molar refractivity (Wildman–Crippen MR) is 67.2 cm³/mol. The molecule has 0 unspecified atom stereocenters. The number of halogens is 3. The number of hydrogen-bond acceptors (Lipinski definition) is 4. The SMILES string of the molecule is Fc1ccc(-c2noc(CNC3CC3)n2)c(Br)c1F. The van der Waals surface area contributed by atoms with Gasteiger partial charge in [-0.05, 0) is 40.9 Å². The summed E-state index contributed by atoms with van der Waals surface area (Å²) in [5.41, 5.74) is 0.361. The molecular formula is C12H10BrF2N3O. The maximum Gasteiger partial charge on any atom is 0.240 e. The molecule has 1 fully saturated rings. The Hall–Kier alpha value is -1.34. The molecule has 1 saturated carbocycles. The van der Waals surface area contributed by atoms with E-state index < -0.39 is 11.6 Å². The molecule has 0 bridgehead atoms. The van der Waals surface area contributed by atoms with E-state index in [1.165, 1.54) is 6.07 Å². The van der Waals surface area contributed by atoms with E-state index in [-0.39, 0.29) is 10.3 Å². The third-order valence-electron chi connectivity index (χ3n) is 2.86. The average Bonchev–Trinajstić information content (AvgIpc) is 3.12. The topological polar surface area (TPSA) is 51.0 Å². The number of nitrogens with zero attached hydrogens (tertiary/aromatic N) is 2. The molecule has 1 aliphatic rings. The molecule has 19 heavy (non-hydrogen) atoms. The van der Waals surface area contributed by atoms with Crippen LogP contribution in [0.3, 0.4) is 0 Å². The lowest BCUT2D eigenvalue weighted by Crippen LogP contribution is -2.15. The van der Waals surface area contributed by atoms with Crippen LogP contribution in [0.2, 0.25) is 0 Å². The zero-order valence-electron chi connectivity index (χ0n) is 9.79. The molecule has 0 spiro atoms. The van der Waals surface area contributed by atoms with Gasteiger partial charge in [0.25, 0.3) is 0 Å². The summed E-state index contributed by atoms with van der Waals surface area (Å²) >= 11 is 3.00. The van der Waals surface area contributed by atoms with Crippen molar-refractivity contribution in [1.82, 2.24) is 15.5 Å². The summed E-state index contributed by atoms with van der Waals surface area (Å²) in [7, 11) is 0. The van der Waals surface area contributed by atoms with Gasteiger partial charge >= 0.3 is 0 Å². The van der Waals surface area contributed by atoms with E-state index in [1.54, 1.807) is 0 Å². The molecular weight excluding hydrogens is 320 g/mol. The molecule has 1 aliphatic carbocycles. The van der Waals surface area contributed by atoms with Gasteiger partial charge in [0.15, 0.2) is 11.6 Å². The van der Waals surface area contributed by atoms with Crippen LogP contribution in [0.15, 0.2) is 21.1 Å². The lowest BCUT2D eigenvalue weighted by molar-refractivity contribution is 0.367. The Morgan fingerprint density at radius 1 is 1.37 bits per heavy atom. The summed E-state index contributed by atoms with van der Waals surface area (Å²) in [6, 6.07) is 2.98. The predicted octanol–water partition coefficient (Wildman–Crippen LogP) is 3.03. The van der Waals surface area contributed by atoms with Crippen molar-refractivity contribution >= 4 is 15.9 Å². The molecule has 0 aliphatic heterocycles. The van der Waals surface area contributed by atoms with Gasteiger partial charge in [-0.1, -0.05) is 5.16 Å². The van der Waals surface area contributed by atoms with Gasteiger partial charge in [0.05, 0.1) is 11.0 Å². The van der Waals surface area contributed by atoms with E-state index in [0.717, 1.165) is 18.9 Å². The maximum absolute atomic E-state index is 13.4. The fourth-order valence-corrected chi connectivity index (χ4v) is 2.15. The molecule has 0 radical (unpaired) electrons. The third kappa shape index (κ3) is 2.66. The quantitative estimate of drug-likeness (QED) is 0.876. The highest BCUT2D eigenvalue weighted by molar-refractivity contribution is 9.10. The van der Waals surface area contributed by atoms with Gasteiger partial charge in [-0.15, -0.1) is 0 Å². The summed E-state index contributed by atoms with van der Waals surface area (Å²) in [4.78, 5) is 4.15. The summed E-state index contributed by atoms with van der Waals surface area (Å²) in [6.07, 6.45) is 2.32. The standard InChI is InChI=1S/C12H10BrF2N3O/c13-10-7(3-4-8(14)11(10)15)12-17-9(19-18-12)5-16-6-1-2-6/h3-4,6,16H,1-2,5H2. The number of benzene rings is 1. The van der Waals surface area contributed by atoms with Crippen molar-refractivity contribution in [1.29, 1.82) is 0 Å². The van der Waals surface area contributed by atoms with Crippen LogP contribution in [0.25, 0.3) is 11.4 Å². The molecule has 2 aromatic rings. The largest absolute Gasteiger partial charge is 0.338 e. The first-order valence-electron chi connectivity index (χ1n) is 5.85. The lowest BCUT2D eigenvalue weighted by atomic mass is 10.2. The van der Waals surface area contributed by atoms with Gasteiger partial charge in [0.2, 0.25) is 11.7 Å². The fraction of sp³-hybridized carbons (Fsp3) is 0.333. The second-order valence-electron chi connectivity index (χ2n) is 4.39. The summed E-state index contributed by atoms with van der Waals surface area (Å²) in [6.45, 7) is 0.485. The molecule has 3 rings (SSSR count). The molecule has 1 N–H and O–H groups in total. The van der Waals surface area contributed by atoms with E-state index in [2.05, 4.69) is 31.4 Å². The van der Waals surface area contributed by atoms with E-state index in [0.29, 0.717) is 24.0 Å². The first-order chi connectivity index (χ1) is 9.15. The van der Waals surface area contributed by atoms with Gasteiger partial charge < -0.3 is 9.84 Å². The van der Waals surface area contributed by atoms with Crippen LogP contribution < -0.4 is 5.32 Å². The Labute approximate surface area is 116 Å². The van der Waals surface area contributed by atoms with Gasteiger partial charge in [-0.25, -0.2) is 8.78 Å². The Kier molecular flexibility index (Phi) is 3.32. The van der Waals surface area contributed by atoms with Gasteiger partial charge in [0, 0.05) is 11.6 Å². The molecule has 1 heterocycles. The summed E-state index contributed by atoms with van der Waals surface area (Å²) in [5, 5.41) is 7.00. The van der Waals surface area contributed by atoms with E-state index in [4.69, 9.17) is 4.52 Å². The van der Waals surface area contributed by atoms with Crippen molar-refractivity contribution < 1.29 is 13.3 Å². The molecule has 4 nitrogen and oxygen atoms in total. The molecule has 1 aromatic heterocycles. The van der Waals surface area contributed by atoms with Crippen molar-refractivity contribution in [2.45, 2.75) is 25.4 Å². The minimum absolute atomic E-state index is 0.00463. The molecule has 7 heteroatoms. The molecule has 0 saturated heterocycles. The highest BCUT2D eigenvalue weighted by atomic mass is 79.9. The smallest absolute Gasteiger partial charge is 0.240 e. The van der Waals surface area contributed by atoms with Crippen LogP contribution in [0.4, 0.5) is 8.78 Å². The van der Waals surface area contributed by atoms with Crippen LogP contribution in [0.1, 0.15) is 18.7 Å². The molecule has 0 amide bonds. The second-order valence-corrected chi connectivity index (χ2v) is 5.18. The van der Waals surface area contributed by atoms with Crippen LogP contribution in [0.5, 0.6) is 0 Å². The molecule has 100 valence electrons. The number of aromatic nitrogens is 2. The first kappa shape index (κ1) is 12.7. The van der Waals surface area contributed by atoms with Gasteiger partial charge in [-0.3, -0.25) is 0 Å². The fourth-order valence-electron chi connectivity index (χ4n) is 1.65. The Morgan fingerprint density at radius 3 is 2.89 bits per heavy atom. The Balaban J connectivity index is 1.83. The average molecular weight is 330 g/mol. The van der Waals surface area contributed by atoms with Crippen LogP contribution >= 0.6 is 15.9 Å². The normalized spacial score (nSPS) is 14.9. The zero-order chi connectivity index (χ0) is 13.4. The van der Waals surface area contributed by atoms with Crippen molar-refractivity contribution in [3.8, 4) is 11.4 Å². The van der Waals surface area contributed by atoms with Crippen LogP contribution in [-0.4, -0.2) is 16.2 Å². The van der Waals surface area contributed by atoms with E-state index in [9.17, 15) is 8.78 Å². The third-order valence-corrected chi connectivity index (χ3v) is 3.64. The number of rotatable bonds is 4. The highest BCUT2D eigenvalue weighted by Gasteiger charge is 2.22. The summed E-state index contributed by atoms with van der Waals surface area (Å²) in [5.74, 6) is -1.22. The minimum atomic E-state index is -0.958. The summed E-state index contributed by atoms with van der Waals surface area (Å²) < 4.78 is 31.5. The van der Waals surface area contributed by atoms with Crippen molar-refractivity contribution in [2.24, 2.45) is 0 Å². The zero-order valence-corrected chi connectivity index (χ0v) is 11.4. The van der Waals surface area contributed by atoms with Crippen LogP contribution in [-0.2, 0) is 6.54 Å².